The van der Waals surface area contributed by atoms with Gasteiger partial charge in [0, 0.05) is 12.5 Å². The molecule has 0 spiro atoms. The van der Waals surface area contributed by atoms with Gasteiger partial charge in [-0.1, -0.05) is 12.1 Å². The number of carbonyl (C=O) groups excluding carboxylic acids is 2. The smallest absolute Gasteiger partial charge is 0.306 e. The molecule has 0 radical (unpaired) electrons. The van der Waals surface area contributed by atoms with Crippen molar-refractivity contribution in [3.63, 3.8) is 0 Å². The third-order valence-corrected chi connectivity index (χ3v) is 4.12. The van der Waals surface area contributed by atoms with Gasteiger partial charge in [0.2, 0.25) is 11.8 Å². The molecule has 3 aromatic rings. The Bertz CT molecular complexity index is 1020. The zero-order valence-corrected chi connectivity index (χ0v) is 16.8. The van der Waals surface area contributed by atoms with E-state index in [-0.39, 0.29) is 37.9 Å². The molecular formula is C20H23N5O5. The zero-order valence-electron chi connectivity index (χ0n) is 16.8. The molecule has 30 heavy (non-hydrogen) atoms. The van der Waals surface area contributed by atoms with Crippen LogP contribution in [0.2, 0.25) is 0 Å². The highest BCUT2D eigenvalue weighted by Gasteiger charge is 2.14. The molecule has 158 valence electrons. The fraction of sp³-hybridized carbons (Fsp3) is 0.350. The summed E-state index contributed by atoms with van der Waals surface area (Å²) in [5.41, 5.74) is 1.32. The Hall–Kier alpha value is -3.69. The number of esters is 1. The molecule has 0 bridgehead atoms. The Labute approximate surface area is 173 Å². The van der Waals surface area contributed by atoms with E-state index in [2.05, 4.69) is 20.6 Å². The van der Waals surface area contributed by atoms with Crippen LogP contribution >= 0.6 is 0 Å². The van der Waals surface area contributed by atoms with Crippen LogP contribution < -0.4 is 14.8 Å². The summed E-state index contributed by atoms with van der Waals surface area (Å²) in [4.78, 5) is 23.0. The Morgan fingerprint density at radius 3 is 2.73 bits per heavy atom. The number of ether oxygens (including phenoxy) is 3. The first-order valence-corrected chi connectivity index (χ1v) is 9.53. The summed E-state index contributed by atoms with van der Waals surface area (Å²) in [5.74, 6) is 0.915. The van der Waals surface area contributed by atoms with Crippen LogP contribution in [0.1, 0.15) is 19.8 Å². The van der Waals surface area contributed by atoms with Crippen LogP contribution in [-0.4, -0.2) is 58.6 Å². The second-order valence-corrected chi connectivity index (χ2v) is 6.17. The summed E-state index contributed by atoms with van der Waals surface area (Å²) < 4.78 is 17.4. The zero-order chi connectivity index (χ0) is 21.3. The van der Waals surface area contributed by atoms with E-state index in [1.165, 1.54) is 0 Å². The third-order valence-electron chi connectivity index (χ3n) is 4.12. The van der Waals surface area contributed by atoms with Gasteiger partial charge in [0.15, 0.2) is 11.5 Å². The molecule has 0 aliphatic rings. The predicted molar refractivity (Wildman–Crippen MR) is 107 cm³/mol. The van der Waals surface area contributed by atoms with Gasteiger partial charge in [-0.05, 0) is 25.1 Å². The van der Waals surface area contributed by atoms with E-state index in [0.29, 0.717) is 29.7 Å². The van der Waals surface area contributed by atoms with Gasteiger partial charge in [0.1, 0.15) is 12.4 Å². The maximum atomic E-state index is 11.7. The van der Waals surface area contributed by atoms with Crippen LogP contribution in [0.5, 0.6) is 11.6 Å². The van der Waals surface area contributed by atoms with Crippen molar-refractivity contribution < 1.29 is 23.8 Å². The minimum atomic E-state index is -0.388. The fourth-order valence-corrected chi connectivity index (χ4v) is 2.73. The summed E-state index contributed by atoms with van der Waals surface area (Å²) >= 11 is 0. The second kappa shape index (κ2) is 10.2. The van der Waals surface area contributed by atoms with Crippen molar-refractivity contribution >= 4 is 17.5 Å². The molecule has 0 aliphatic carbocycles. The van der Waals surface area contributed by atoms with Gasteiger partial charge in [0.25, 0.3) is 0 Å². The normalized spacial score (nSPS) is 10.6. The maximum absolute atomic E-state index is 11.7. The molecule has 1 aromatic carbocycles. The number of hydrogen-bond donors (Lipinski definition) is 1. The Morgan fingerprint density at radius 1 is 1.10 bits per heavy atom. The number of nitrogens with zero attached hydrogens (tertiary/aromatic N) is 4. The standard InChI is InChI=1S/C20H23N5O5/c1-3-29-19(27)11-9-17(26)21-12-13-30-18-10-8-16-22-23-20(25(16)24-18)14-6-4-5-7-15(14)28-2/h4-8,10H,3,9,11-13H2,1-2H3,(H,21,26). The highest BCUT2D eigenvalue weighted by atomic mass is 16.5. The molecule has 2 aromatic heterocycles. The quantitative estimate of drug-likeness (QED) is 0.394. The van der Waals surface area contributed by atoms with Crippen LogP contribution in [0.15, 0.2) is 36.4 Å². The molecule has 0 saturated heterocycles. The molecule has 1 amide bonds. The fourth-order valence-electron chi connectivity index (χ4n) is 2.73. The van der Waals surface area contributed by atoms with Gasteiger partial charge in [0.05, 0.1) is 32.2 Å². The van der Waals surface area contributed by atoms with Crippen molar-refractivity contribution in [2.24, 2.45) is 0 Å². The first kappa shape index (κ1) is 21.0. The minimum Gasteiger partial charge on any atom is -0.496 e. The number of rotatable bonds is 10. The number of hydrogen-bond acceptors (Lipinski definition) is 8. The minimum absolute atomic E-state index is 0.0537. The first-order chi connectivity index (χ1) is 14.6. The summed E-state index contributed by atoms with van der Waals surface area (Å²) in [6.07, 6.45) is 0.129. The number of aromatic nitrogens is 4. The molecular weight excluding hydrogens is 390 g/mol. The van der Waals surface area contributed by atoms with E-state index in [1.807, 2.05) is 24.3 Å². The van der Waals surface area contributed by atoms with Crippen molar-refractivity contribution in [2.45, 2.75) is 19.8 Å². The van der Waals surface area contributed by atoms with Gasteiger partial charge in [-0.25, -0.2) is 0 Å². The number of nitrogens with one attached hydrogen (secondary N) is 1. The molecule has 3 rings (SSSR count). The van der Waals surface area contributed by atoms with Gasteiger partial charge < -0.3 is 19.5 Å². The molecule has 0 atom stereocenters. The predicted octanol–water partition coefficient (Wildman–Crippen LogP) is 1.64. The molecule has 10 nitrogen and oxygen atoms in total. The molecule has 1 N–H and O–H groups in total. The SMILES string of the molecule is CCOC(=O)CCC(=O)NCCOc1ccc2nnc(-c3ccccc3OC)n2n1. The van der Waals surface area contributed by atoms with Crippen LogP contribution in [0.4, 0.5) is 0 Å². The number of methoxy groups -OCH3 is 1. The lowest BCUT2D eigenvalue weighted by Crippen LogP contribution is -2.28. The topological polar surface area (TPSA) is 117 Å². The van der Waals surface area contributed by atoms with E-state index >= 15 is 0 Å². The Kier molecular flexibility index (Phi) is 7.14. The number of carbonyl (C=O) groups is 2. The number of benzene rings is 1. The van der Waals surface area contributed by atoms with Crippen LogP contribution in [0.25, 0.3) is 17.0 Å². The van der Waals surface area contributed by atoms with Crippen LogP contribution in [0, 0.1) is 0 Å². The molecule has 10 heteroatoms. The summed E-state index contributed by atoms with van der Waals surface area (Å²) in [5, 5.41) is 15.4. The van der Waals surface area contributed by atoms with Gasteiger partial charge in [-0.2, -0.15) is 4.52 Å². The molecule has 0 fully saturated rings. The second-order valence-electron chi connectivity index (χ2n) is 6.17. The highest BCUT2D eigenvalue weighted by molar-refractivity contribution is 5.81. The average Bonchev–Trinajstić information content (AvgIpc) is 3.18. The molecule has 0 unspecified atom stereocenters. The van der Waals surface area contributed by atoms with Crippen LogP contribution in [-0.2, 0) is 14.3 Å². The third kappa shape index (κ3) is 5.22. The Morgan fingerprint density at radius 2 is 1.93 bits per heavy atom. The van der Waals surface area contributed by atoms with Crippen molar-refractivity contribution in [2.75, 3.05) is 26.9 Å². The van der Waals surface area contributed by atoms with E-state index in [4.69, 9.17) is 14.2 Å². The van der Waals surface area contributed by atoms with E-state index in [9.17, 15) is 9.59 Å². The summed E-state index contributed by atoms with van der Waals surface area (Å²) in [7, 11) is 1.59. The van der Waals surface area contributed by atoms with Crippen molar-refractivity contribution in [1.29, 1.82) is 0 Å². The van der Waals surface area contributed by atoms with Gasteiger partial charge >= 0.3 is 5.97 Å². The highest BCUT2D eigenvalue weighted by Crippen LogP contribution is 2.28. The van der Waals surface area contributed by atoms with Crippen molar-refractivity contribution in [1.82, 2.24) is 25.1 Å². The Balaban J connectivity index is 1.57. The number of amides is 1. The van der Waals surface area contributed by atoms with E-state index < -0.39 is 0 Å². The van der Waals surface area contributed by atoms with Crippen molar-refractivity contribution in [3.05, 3.63) is 36.4 Å². The van der Waals surface area contributed by atoms with E-state index in [0.717, 1.165) is 5.56 Å². The summed E-state index contributed by atoms with van der Waals surface area (Å²) in [6.45, 7) is 2.52. The molecule has 0 aliphatic heterocycles. The lowest BCUT2D eigenvalue weighted by atomic mass is 10.2. The molecule has 0 saturated carbocycles. The largest absolute Gasteiger partial charge is 0.496 e. The van der Waals surface area contributed by atoms with Crippen LogP contribution in [0.3, 0.4) is 0 Å². The lowest BCUT2D eigenvalue weighted by molar-refractivity contribution is -0.144. The lowest BCUT2D eigenvalue weighted by Gasteiger charge is -2.08. The maximum Gasteiger partial charge on any atom is 0.306 e. The monoisotopic (exact) mass is 413 g/mol. The molecule has 2 heterocycles. The van der Waals surface area contributed by atoms with Gasteiger partial charge in [-0.15, -0.1) is 15.3 Å². The average molecular weight is 413 g/mol. The van der Waals surface area contributed by atoms with E-state index in [1.54, 1.807) is 30.7 Å². The summed E-state index contributed by atoms with van der Waals surface area (Å²) in [6, 6.07) is 10.9. The van der Waals surface area contributed by atoms with Gasteiger partial charge in [-0.3, -0.25) is 9.59 Å². The first-order valence-electron chi connectivity index (χ1n) is 9.53. The number of para-hydroxylation sites is 1. The number of fused-ring (bicyclic) bond motifs is 1. The van der Waals surface area contributed by atoms with Crippen molar-refractivity contribution in [3.8, 4) is 23.0 Å².